The molecular weight excluding hydrogens is 806 g/mol. The molecule has 0 aliphatic carbocycles. The number of carbonyl (C=O) groups excluding carboxylic acids is 1. The maximum Gasteiger partial charge on any atom is 0.472 e. The fourth-order valence-electron chi connectivity index (χ4n) is 7.11. The minimum Gasteiger partial charge on any atom is -0.457 e. The summed E-state index contributed by atoms with van der Waals surface area (Å²) in [6.07, 6.45) is 59.9. The number of carbonyl (C=O) groups is 1. The molecule has 9 heteroatoms. The van der Waals surface area contributed by atoms with Crippen LogP contribution in [0.25, 0.3) is 0 Å². The summed E-state index contributed by atoms with van der Waals surface area (Å²) in [6.45, 7) is 5.47. The first-order valence-corrected chi connectivity index (χ1v) is 27.5. The van der Waals surface area contributed by atoms with E-state index in [9.17, 15) is 14.3 Å². The fraction of sp³-hybridized carbons (Fsp3) is 0.796. The lowest BCUT2D eigenvalue weighted by Crippen LogP contribution is -2.37. The number of rotatable bonds is 48. The number of likely N-dealkylation sites (N-methyl/N-ethyl adjacent to an activating group) is 1. The second-order valence-corrected chi connectivity index (χ2v) is 20.0. The third kappa shape index (κ3) is 51.1. The molecule has 0 heterocycles. The van der Waals surface area contributed by atoms with Gasteiger partial charge in [0.15, 0.2) is 0 Å². The first-order chi connectivity index (χ1) is 30.6. The van der Waals surface area contributed by atoms with Crippen LogP contribution in [-0.2, 0) is 27.9 Å². The van der Waals surface area contributed by atoms with Crippen molar-refractivity contribution in [3.8, 4) is 0 Å². The standard InChI is InChI=1S/C54H100NO7P/c1-6-8-10-12-14-16-18-20-22-24-26-28-29-31-33-35-37-39-41-43-45-47-54(56)62-53(52-61-63(57,58)60-50-48-55(3,4)5)51-59-49-46-44-42-40-38-36-34-32-30-27-25-23-21-19-17-15-13-11-9-7-2/h9,11,15,17,21,23,27,30,34,36,53H,6-8,10,12-14,16,18-20,22,24-26,28-29,31-33,35,37-52H2,1-5H3/p+1/b11-9-,17-15-,23-21-,30-27-,36-34-. The van der Waals surface area contributed by atoms with Crippen molar-refractivity contribution in [1.82, 2.24) is 0 Å². The molecule has 0 bridgehead atoms. The van der Waals surface area contributed by atoms with Gasteiger partial charge in [0, 0.05) is 13.0 Å². The number of allylic oxidation sites excluding steroid dienone is 10. The molecule has 1 N–H and O–H groups in total. The van der Waals surface area contributed by atoms with Crippen LogP contribution in [0.5, 0.6) is 0 Å². The summed E-state index contributed by atoms with van der Waals surface area (Å²) in [5.74, 6) is -0.321. The van der Waals surface area contributed by atoms with E-state index in [1.54, 1.807) is 0 Å². The quantitative estimate of drug-likeness (QED) is 0.0214. The predicted octanol–water partition coefficient (Wildman–Crippen LogP) is 16.1. The van der Waals surface area contributed by atoms with Crippen molar-refractivity contribution in [3.63, 3.8) is 0 Å². The third-order valence-electron chi connectivity index (χ3n) is 11.1. The lowest BCUT2D eigenvalue weighted by atomic mass is 10.0. The van der Waals surface area contributed by atoms with Gasteiger partial charge in [-0.05, 0) is 57.8 Å². The maximum atomic E-state index is 12.8. The number of quaternary nitrogens is 1. The molecule has 0 rings (SSSR count). The molecule has 0 fully saturated rings. The van der Waals surface area contributed by atoms with E-state index in [4.69, 9.17) is 18.5 Å². The normalized spacial score (nSPS) is 14.1. The van der Waals surface area contributed by atoms with E-state index < -0.39 is 13.9 Å². The number of unbranched alkanes of at least 4 members (excludes halogenated alkanes) is 24. The highest BCUT2D eigenvalue weighted by atomic mass is 31.2. The highest BCUT2D eigenvalue weighted by molar-refractivity contribution is 7.47. The number of phosphoric acid groups is 1. The molecule has 8 nitrogen and oxygen atoms in total. The largest absolute Gasteiger partial charge is 0.472 e. The maximum absolute atomic E-state index is 12.8. The Labute approximate surface area is 390 Å². The molecule has 0 aliphatic rings. The highest BCUT2D eigenvalue weighted by Gasteiger charge is 2.26. The molecule has 63 heavy (non-hydrogen) atoms. The molecule has 0 saturated carbocycles. The first kappa shape index (κ1) is 61.2. The summed E-state index contributed by atoms with van der Waals surface area (Å²) < 4.78 is 35.1. The van der Waals surface area contributed by atoms with E-state index in [0.717, 1.165) is 83.5 Å². The summed E-state index contributed by atoms with van der Waals surface area (Å²) in [6, 6.07) is 0. The van der Waals surface area contributed by atoms with Crippen molar-refractivity contribution >= 4 is 13.8 Å². The topological polar surface area (TPSA) is 91.3 Å². The molecule has 0 aromatic carbocycles. The molecule has 0 saturated heterocycles. The van der Waals surface area contributed by atoms with E-state index in [0.29, 0.717) is 24.1 Å². The van der Waals surface area contributed by atoms with Gasteiger partial charge in [-0.15, -0.1) is 0 Å². The average Bonchev–Trinajstić information content (AvgIpc) is 3.24. The Kier molecular flexibility index (Phi) is 45.4. The van der Waals surface area contributed by atoms with Gasteiger partial charge in [-0.3, -0.25) is 13.8 Å². The molecule has 2 unspecified atom stereocenters. The summed E-state index contributed by atoms with van der Waals surface area (Å²) in [7, 11) is 1.65. The van der Waals surface area contributed by atoms with Crippen molar-refractivity contribution < 1.29 is 37.3 Å². The first-order valence-electron chi connectivity index (χ1n) is 26.0. The van der Waals surface area contributed by atoms with Crippen molar-refractivity contribution in [3.05, 3.63) is 60.8 Å². The van der Waals surface area contributed by atoms with Crippen LogP contribution in [0.3, 0.4) is 0 Å². The van der Waals surface area contributed by atoms with Crippen LogP contribution in [0.1, 0.15) is 219 Å². The van der Waals surface area contributed by atoms with Crippen LogP contribution in [0.2, 0.25) is 0 Å². The van der Waals surface area contributed by atoms with Crippen LogP contribution in [-0.4, -0.2) is 75.6 Å². The average molecular weight is 907 g/mol. The van der Waals surface area contributed by atoms with Gasteiger partial charge in [0.05, 0.1) is 34.4 Å². The molecule has 0 aromatic rings. The molecule has 0 aliphatic heterocycles. The highest BCUT2D eigenvalue weighted by Crippen LogP contribution is 2.43. The number of hydrogen-bond acceptors (Lipinski definition) is 6. The van der Waals surface area contributed by atoms with Crippen LogP contribution >= 0.6 is 7.82 Å². The number of hydrogen-bond donors (Lipinski definition) is 1. The van der Waals surface area contributed by atoms with Gasteiger partial charge in [0.2, 0.25) is 0 Å². The minimum atomic E-state index is -4.29. The van der Waals surface area contributed by atoms with Crippen LogP contribution in [0, 0.1) is 0 Å². The van der Waals surface area contributed by atoms with E-state index in [1.165, 1.54) is 116 Å². The van der Waals surface area contributed by atoms with Gasteiger partial charge in [-0.1, -0.05) is 216 Å². The van der Waals surface area contributed by atoms with Gasteiger partial charge in [0.25, 0.3) is 0 Å². The third-order valence-corrected chi connectivity index (χ3v) is 12.1. The zero-order valence-electron chi connectivity index (χ0n) is 41.8. The summed E-state index contributed by atoms with van der Waals surface area (Å²) in [4.78, 5) is 23.0. The molecule has 368 valence electrons. The van der Waals surface area contributed by atoms with E-state index in [1.807, 2.05) is 21.1 Å². The summed E-state index contributed by atoms with van der Waals surface area (Å²) in [5.41, 5.74) is 0. The predicted molar refractivity (Wildman–Crippen MR) is 270 cm³/mol. The van der Waals surface area contributed by atoms with Gasteiger partial charge >= 0.3 is 13.8 Å². The second-order valence-electron chi connectivity index (χ2n) is 18.5. The van der Waals surface area contributed by atoms with Gasteiger partial charge in [-0.2, -0.15) is 0 Å². The Morgan fingerprint density at radius 2 is 0.921 bits per heavy atom. The fourth-order valence-corrected chi connectivity index (χ4v) is 7.85. The molecule has 2 atom stereocenters. The number of phosphoric ester groups is 1. The summed E-state index contributed by atoms with van der Waals surface area (Å²) in [5, 5.41) is 0. The summed E-state index contributed by atoms with van der Waals surface area (Å²) >= 11 is 0. The molecular formula is C54H101NO7P+. The van der Waals surface area contributed by atoms with Crippen LogP contribution in [0.4, 0.5) is 0 Å². The van der Waals surface area contributed by atoms with Crippen LogP contribution in [0.15, 0.2) is 60.8 Å². The van der Waals surface area contributed by atoms with Crippen molar-refractivity contribution in [2.24, 2.45) is 0 Å². The minimum absolute atomic E-state index is 0.0821. The molecule has 0 spiro atoms. The van der Waals surface area contributed by atoms with E-state index in [2.05, 4.69) is 74.6 Å². The zero-order valence-corrected chi connectivity index (χ0v) is 42.7. The number of esters is 1. The van der Waals surface area contributed by atoms with Gasteiger partial charge in [0.1, 0.15) is 19.3 Å². The van der Waals surface area contributed by atoms with Gasteiger partial charge < -0.3 is 18.9 Å². The Morgan fingerprint density at radius 3 is 1.38 bits per heavy atom. The Hall–Kier alpha value is -1.80. The monoisotopic (exact) mass is 907 g/mol. The molecule has 0 radical (unpaired) electrons. The van der Waals surface area contributed by atoms with Gasteiger partial charge in [-0.25, -0.2) is 4.57 Å². The Bertz CT molecular complexity index is 1190. The second kappa shape index (κ2) is 46.7. The SMILES string of the molecule is CC/C=C\C/C=C\C/C=C\C/C=C\C/C=C\CCCCCCOCC(COP(=O)(O)OCC[N+](C)(C)C)OC(=O)CCCCCCCCCCCCCCCCCCCCCCC. The van der Waals surface area contributed by atoms with Crippen molar-refractivity contribution in [2.75, 3.05) is 54.1 Å². The zero-order chi connectivity index (χ0) is 46.2. The number of ether oxygens (including phenoxy) is 2. The number of nitrogens with zero attached hydrogens (tertiary/aromatic N) is 1. The van der Waals surface area contributed by atoms with Crippen molar-refractivity contribution in [1.29, 1.82) is 0 Å². The lowest BCUT2D eigenvalue weighted by Gasteiger charge is -2.24. The van der Waals surface area contributed by atoms with E-state index >= 15 is 0 Å². The van der Waals surface area contributed by atoms with Crippen LogP contribution < -0.4 is 0 Å². The molecule has 0 amide bonds. The van der Waals surface area contributed by atoms with Crippen molar-refractivity contribution in [2.45, 2.75) is 225 Å². The Balaban J connectivity index is 4.18. The smallest absolute Gasteiger partial charge is 0.457 e. The lowest BCUT2D eigenvalue weighted by molar-refractivity contribution is -0.870. The van der Waals surface area contributed by atoms with E-state index in [-0.39, 0.29) is 25.8 Å². The Morgan fingerprint density at radius 1 is 0.508 bits per heavy atom. The molecule has 0 aromatic heterocycles.